The van der Waals surface area contributed by atoms with Gasteiger partial charge in [0, 0.05) is 0 Å². The van der Waals surface area contributed by atoms with Crippen molar-refractivity contribution >= 4 is 23.7 Å². The van der Waals surface area contributed by atoms with E-state index in [1.54, 1.807) is 25.6 Å². The maximum absolute atomic E-state index is 10.1. The Labute approximate surface area is 111 Å². The minimum Gasteiger partial charge on any atom is -0.480 e. The summed E-state index contributed by atoms with van der Waals surface area (Å²) in [6.45, 7) is 3.55. The highest BCUT2D eigenvalue weighted by molar-refractivity contribution is 7.98. The molecular formula is C10H24N2O5S. The number of hydrogen-bond acceptors (Lipinski definition) is 5. The molecule has 0 aliphatic rings. The third-order valence-corrected chi connectivity index (χ3v) is 2.60. The molecule has 8 N–H and O–H groups in total. The largest absolute Gasteiger partial charge is 0.480 e. The number of carboxylic acid groups (broad SMARTS) is 2. The zero-order valence-electron chi connectivity index (χ0n) is 10.9. The van der Waals surface area contributed by atoms with Crippen LogP contribution in [0.2, 0.25) is 0 Å². The van der Waals surface area contributed by atoms with E-state index in [9.17, 15) is 9.59 Å². The van der Waals surface area contributed by atoms with Crippen LogP contribution in [0.15, 0.2) is 0 Å². The minimum atomic E-state index is -0.931. The molecule has 0 aliphatic carbocycles. The summed E-state index contributed by atoms with van der Waals surface area (Å²) >= 11 is 1.60. The standard InChI is InChI=1S/C5H11NO2S.C5H11NO2.H2O/c1-9-3-2-4(6)5(7)8;1-3(2)4(6)5(7)8;/h4H,2-3,6H2,1H3,(H,7,8);3-4H,6H2,1-2H3,(H,7,8);1H2. The highest BCUT2D eigenvalue weighted by Crippen LogP contribution is 1.97. The smallest absolute Gasteiger partial charge is 0.320 e. The van der Waals surface area contributed by atoms with Crippen molar-refractivity contribution in [2.45, 2.75) is 32.4 Å². The fourth-order valence-corrected chi connectivity index (χ4v) is 1.14. The van der Waals surface area contributed by atoms with Crippen LogP contribution in [0.4, 0.5) is 0 Å². The van der Waals surface area contributed by atoms with E-state index in [2.05, 4.69) is 0 Å². The molecule has 7 nitrogen and oxygen atoms in total. The number of nitrogens with two attached hydrogens (primary N) is 2. The molecule has 0 spiro atoms. The predicted molar refractivity (Wildman–Crippen MR) is 72.7 cm³/mol. The molecule has 0 amide bonds. The molecule has 0 radical (unpaired) electrons. The normalized spacial score (nSPS) is 12.8. The van der Waals surface area contributed by atoms with Gasteiger partial charge in [-0.3, -0.25) is 9.59 Å². The van der Waals surface area contributed by atoms with Crippen LogP contribution in [0.25, 0.3) is 0 Å². The Morgan fingerprint density at radius 1 is 1.17 bits per heavy atom. The second kappa shape index (κ2) is 12.6. The molecule has 0 aliphatic heterocycles. The molecule has 0 rings (SSSR count). The molecule has 0 heterocycles. The van der Waals surface area contributed by atoms with Crippen LogP contribution in [0.1, 0.15) is 20.3 Å². The molecule has 0 saturated carbocycles. The molecular weight excluding hydrogens is 260 g/mol. The minimum absolute atomic E-state index is 0. The molecule has 0 bridgehead atoms. The molecule has 2 atom stereocenters. The highest BCUT2D eigenvalue weighted by Gasteiger charge is 2.14. The van der Waals surface area contributed by atoms with Gasteiger partial charge in [0.25, 0.3) is 0 Å². The first kappa shape index (κ1) is 22.4. The molecule has 0 fully saturated rings. The van der Waals surface area contributed by atoms with E-state index in [4.69, 9.17) is 21.7 Å². The summed E-state index contributed by atoms with van der Waals surface area (Å²) in [5.41, 5.74) is 10.3. The van der Waals surface area contributed by atoms with Crippen LogP contribution in [0, 0.1) is 5.92 Å². The van der Waals surface area contributed by atoms with Crippen LogP contribution >= 0.6 is 11.8 Å². The third-order valence-electron chi connectivity index (χ3n) is 1.95. The van der Waals surface area contributed by atoms with E-state index in [0.29, 0.717) is 6.42 Å². The molecule has 0 aromatic heterocycles. The second-order valence-corrected chi connectivity index (χ2v) is 4.82. The summed E-state index contributed by atoms with van der Waals surface area (Å²) in [5.74, 6) is -1.01. The number of carbonyl (C=O) groups is 2. The average Bonchev–Trinajstić information content (AvgIpc) is 2.25. The van der Waals surface area contributed by atoms with Gasteiger partial charge < -0.3 is 27.2 Å². The van der Waals surface area contributed by atoms with E-state index in [-0.39, 0.29) is 11.4 Å². The van der Waals surface area contributed by atoms with Crippen molar-refractivity contribution in [2.75, 3.05) is 12.0 Å². The maximum Gasteiger partial charge on any atom is 0.320 e. The van der Waals surface area contributed by atoms with Crippen LogP contribution in [0.3, 0.4) is 0 Å². The van der Waals surface area contributed by atoms with E-state index in [1.165, 1.54) is 0 Å². The molecule has 18 heavy (non-hydrogen) atoms. The predicted octanol–water partition coefficient (Wildman–Crippen LogP) is -0.619. The maximum atomic E-state index is 10.1. The Morgan fingerprint density at radius 2 is 1.61 bits per heavy atom. The van der Waals surface area contributed by atoms with Crippen molar-refractivity contribution in [3.05, 3.63) is 0 Å². The van der Waals surface area contributed by atoms with Gasteiger partial charge in [-0.25, -0.2) is 0 Å². The van der Waals surface area contributed by atoms with Gasteiger partial charge in [-0.05, 0) is 24.3 Å². The Bertz CT molecular complexity index is 238. The fourth-order valence-electron chi connectivity index (χ4n) is 0.653. The average molecular weight is 284 g/mol. The lowest BCUT2D eigenvalue weighted by molar-refractivity contribution is -0.140. The first-order valence-electron chi connectivity index (χ1n) is 5.19. The van der Waals surface area contributed by atoms with Gasteiger partial charge >= 0.3 is 11.9 Å². The van der Waals surface area contributed by atoms with Crippen molar-refractivity contribution < 1.29 is 25.3 Å². The molecule has 0 saturated heterocycles. The van der Waals surface area contributed by atoms with Crippen molar-refractivity contribution in [3.8, 4) is 0 Å². The highest BCUT2D eigenvalue weighted by atomic mass is 32.2. The zero-order chi connectivity index (χ0) is 14.0. The van der Waals surface area contributed by atoms with E-state index >= 15 is 0 Å². The number of hydrogen-bond donors (Lipinski definition) is 4. The van der Waals surface area contributed by atoms with E-state index < -0.39 is 24.0 Å². The van der Waals surface area contributed by atoms with Crippen LogP contribution < -0.4 is 11.5 Å². The van der Waals surface area contributed by atoms with Crippen molar-refractivity contribution in [3.63, 3.8) is 0 Å². The van der Waals surface area contributed by atoms with Crippen molar-refractivity contribution in [2.24, 2.45) is 17.4 Å². The number of carboxylic acids is 2. The Balaban J connectivity index is -0.000000238. The van der Waals surface area contributed by atoms with Crippen molar-refractivity contribution in [1.82, 2.24) is 0 Å². The molecule has 2 unspecified atom stereocenters. The SMILES string of the molecule is CC(C)C(N)C(=O)O.CSCCC(N)C(=O)O.O. The Hall–Kier alpha value is -0.830. The second-order valence-electron chi connectivity index (χ2n) is 3.83. The lowest BCUT2D eigenvalue weighted by Gasteiger charge is -2.07. The van der Waals surface area contributed by atoms with Crippen LogP contribution in [0.5, 0.6) is 0 Å². The van der Waals surface area contributed by atoms with E-state index in [0.717, 1.165) is 5.75 Å². The first-order chi connectivity index (χ1) is 7.73. The van der Waals surface area contributed by atoms with Gasteiger partial charge in [0.05, 0.1) is 0 Å². The fraction of sp³-hybridized carbons (Fsp3) is 0.800. The van der Waals surface area contributed by atoms with Crippen LogP contribution in [-0.2, 0) is 9.59 Å². The summed E-state index contributed by atoms with van der Waals surface area (Å²) in [4.78, 5) is 20.1. The van der Waals surface area contributed by atoms with Gasteiger partial charge in [-0.15, -0.1) is 0 Å². The first-order valence-corrected chi connectivity index (χ1v) is 6.59. The molecule has 8 heteroatoms. The topological polar surface area (TPSA) is 158 Å². The van der Waals surface area contributed by atoms with Gasteiger partial charge in [0.1, 0.15) is 12.1 Å². The Morgan fingerprint density at radius 3 is 1.78 bits per heavy atom. The molecule has 110 valence electrons. The third kappa shape index (κ3) is 13.2. The van der Waals surface area contributed by atoms with Gasteiger partial charge in [0.2, 0.25) is 0 Å². The molecule has 0 aromatic carbocycles. The summed E-state index contributed by atoms with van der Waals surface area (Å²) in [7, 11) is 0. The number of aliphatic carboxylic acids is 2. The monoisotopic (exact) mass is 284 g/mol. The van der Waals surface area contributed by atoms with Gasteiger partial charge in [-0.2, -0.15) is 11.8 Å². The zero-order valence-corrected chi connectivity index (χ0v) is 11.7. The lowest BCUT2D eigenvalue weighted by atomic mass is 10.1. The number of rotatable bonds is 6. The molecule has 0 aromatic rings. The Kier molecular flexibility index (Phi) is 15.7. The van der Waals surface area contributed by atoms with Crippen LogP contribution in [-0.4, -0.2) is 51.7 Å². The quantitative estimate of drug-likeness (QED) is 0.506. The van der Waals surface area contributed by atoms with Crippen molar-refractivity contribution in [1.29, 1.82) is 0 Å². The van der Waals surface area contributed by atoms with E-state index in [1.807, 2.05) is 6.26 Å². The van der Waals surface area contributed by atoms with Gasteiger partial charge in [-0.1, -0.05) is 13.8 Å². The number of thioether (sulfide) groups is 1. The summed E-state index contributed by atoms with van der Waals surface area (Å²) in [6, 6.07) is -1.40. The summed E-state index contributed by atoms with van der Waals surface area (Å²) < 4.78 is 0. The lowest BCUT2D eigenvalue weighted by Crippen LogP contribution is -2.34. The summed E-state index contributed by atoms with van der Waals surface area (Å²) in [5, 5.41) is 16.5. The summed E-state index contributed by atoms with van der Waals surface area (Å²) in [6.07, 6.45) is 2.48. The van der Waals surface area contributed by atoms with Gasteiger partial charge in [0.15, 0.2) is 0 Å².